The van der Waals surface area contributed by atoms with Crippen molar-refractivity contribution in [1.82, 2.24) is 10.3 Å². The highest BCUT2D eigenvalue weighted by Crippen LogP contribution is 2.51. The van der Waals surface area contributed by atoms with Gasteiger partial charge in [-0.2, -0.15) is 0 Å². The average molecular weight is 464 g/mol. The van der Waals surface area contributed by atoms with E-state index in [1.54, 1.807) is 18.2 Å². The molecule has 6 nitrogen and oxygen atoms in total. The van der Waals surface area contributed by atoms with Gasteiger partial charge in [-0.1, -0.05) is 26.0 Å². The van der Waals surface area contributed by atoms with Crippen molar-refractivity contribution in [1.29, 1.82) is 0 Å². The number of hydrogen-bond acceptors (Lipinski definition) is 4. The van der Waals surface area contributed by atoms with Crippen LogP contribution in [0, 0.1) is 24.1 Å². The lowest BCUT2D eigenvalue weighted by atomic mass is 9.61. The number of nitrogens with one attached hydrogen (secondary N) is 2. The third kappa shape index (κ3) is 5.35. The zero-order valence-corrected chi connectivity index (χ0v) is 19.7. The maximum atomic E-state index is 13.8. The minimum atomic E-state index is -0.951. The molecule has 1 aliphatic rings. The van der Waals surface area contributed by atoms with E-state index in [0.717, 1.165) is 35.2 Å². The van der Waals surface area contributed by atoms with Gasteiger partial charge in [-0.15, -0.1) is 0 Å². The lowest BCUT2D eigenvalue weighted by molar-refractivity contribution is -0.136. The van der Waals surface area contributed by atoms with E-state index in [4.69, 9.17) is 10.1 Å². The first-order valence-corrected chi connectivity index (χ1v) is 11.5. The van der Waals surface area contributed by atoms with E-state index in [2.05, 4.69) is 24.5 Å². The van der Waals surface area contributed by atoms with Crippen LogP contribution in [-0.4, -0.2) is 28.5 Å². The molecular formula is C27H30FN3O3. The van der Waals surface area contributed by atoms with Crippen LogP contribution in [0.4, 0.5) is 10.2 Å². The van der Waals surface area contributed by atoms with Gasteiger partial charge >= 0.3 is 5.97 Å². The summed E-state index contributed by atoms with van der Waals surface area (Å²) in [6.45, 7) is 6.59. The van der Waals surface area contributed by atoms with E-state index in [1.165, 1.54) is 12.1 Å². The first-order valence-electron chi connectivity index (χ1n) is 11.5. The van der Waals surface area contributed by atoms with E-state index < -0.39 is 5.97 Å². The number of pyridine rings is 1. The quantitative estimate of drug-likeness (QED) is 0.412. The van der Waals surface area contributed by atoms with Crippen LogP contribution in [-0.2, 0) is 4.79 Å². The van der Waals surface area contributed by atoms with E-state index in [0.29, 0.717) is 17.0 Å². The Bertz CT molecular complexity index is 1220. The molecule has 0 spiro atoms. The summed E-state index contributed by atoms with van der Waals surface area (Å²) in [5.41, 5.74) is 3.40. The number of fused-ring (bicyclic) bond motifs is 1. The number of rotatable bonds is 8. The molecular weight excluding hydrogens is 433 g/mol. The predicted molar refractivity (Wildman–Crippen MR) is 130 cm³/mol. The van der Waals surface area contributed by atoms with Gasteiger partial charge in [-0.25, -0.2) is 9.37 Å². The number of aromatic nitrogens is 1. The highest BCUT2D eigenvalue weighted by Gasteiger charge is 2.41. The molecule has 1 amide bonds. The van der Waals surface area contributed by atoms with Gasteiger partial charge in [-0.3, -0.25) is 9.59 Å². The predicted octanol–water partition coefficient (Wildman–Crippen LogP) is 5.48. The minimum Gasteiger partial charge on any atom is -0.481 e. The second-order valence-corrected chi connectivity index (χ2v) is 9.97. The second kappa shape index (κ2) is 9.41. The molecule has 3 N–H and O–H groups in total. The fraction of sp³-hybridized carbons (Fsp3) is 0.370. The Morgan fingerprint density at radius 2 is 1.85 bits per heavy atom. The van der Waals surface area contributed by atoms with E-state index >= 15 is 0 Å². The number of halogens is 1. The van der Waals surface area contributed by atoms with Crippen LogP contribution in [0.25, 0.3) is 10.9 Å². The van der Waals surface area contributed by atoms with Gasteiger partial charge in [0, 0.05) is 23.6 Å². The lowest BCUT2D eigenvalue weighted by Crippen LogP contribution is -2.38. The number of nitrogens with zero attached hydrogens (tertiary/aromatic N) is 1. The monoisotopic (exact) mass is 463 g/mol. The first-order chi connectivity index (χ1) is 16.1. The molecule has 4 rings (SSSR count). The van der Waals surface area contributed by atoms with E-state index in [9.17, 15) is 14.0 Å². The topological polar surface area (TPSA) is 91.3 Å². The molecule has 0 bridgehead atoms. The van der Waals surface area contributed by atoms with E-state index in [-0.39, 0.29) is 36.1 Å². The molecule has 0 aliphatic heterocycles. The highest BCUT2D eigenvalue weighted by atomic mass is 19.1. The molecule has 1 atom stereocenters. The summed E-state index contributed by atoms with van der Waals surface area (Å²) in [6, 6.07) is 14.0. The first kappa shape index (κ1) is 23.7. The second-order valence-electron chi connectivity index (χ2n) is 9.97. The zero-order chi connectivity index (χ0) is 24.5. The van der Waals surface area contributed by atoms with Crippen molar-refractivity contribution in [3.63, 3.8) is 0 Å². The Labute approximate surface area is 198 Å². The van der Waals surface area contributed by atoms with Crippen LogP contribution >= 0.6 is 0 Å². The zero-order valence-electron chi connectivity index (χ0n) is 19.7. The van der Waals surface area contributed by atoms with Gasteiger partial charge in [0.15, 0.2) is 0 Å². The number of carbonyl (C=O) groups excluding carboxylic acids is 1. The average Bonchev–Trinajstić information content (AvgIpc) is 2.76. The molecule has 34 heavy (non-hydrogen) atoms. The lowest BCUT2D eigenvalue weighted by Gasteiger charge is -2.47. The van der Waals surface area contributed by atoms with Gasteiger partial charge in [0.1, 0.15) is 11.6 Å². The van der Waals surface area contributed by atoms with Gasteiger partial charge in [0.2, 0.25) is 0 Å². The summed E-state index contributed by atoms with van der Waals surface area (Å²) in [5, 5.41) is 15.9. The SMILES string of the molecule is Cc1cc2ccc(F)cc2nc1N[C@@H](c1ccc(C(=O)NCCC(=O)O)cc1)C1CC(C)(C)C1. The smallest absolute Gasteiger partial charge is 0.305 e. The molecule has 1 aromatic heterocycles. The normalized spacial score (nSPS) is 16.0. The van der Waals surface area contributed by atoms with E-state index in [1.807, 2.05) is 25.1 Å². The molecule has 3 aromatic rings. The molecule has 1 fully saturated rings. The van der Waals surface area contributed by atoms with Crippen molar-refractivity contribution in [3.8, 4) is 0 Å². The summed E-state index contributed by atoms with van der Waals surface area (Å²) in [4.78, 5) is 27.7. The van der Waals surface area contributed by atoms with Crippen molar-refractivity contribution in [2.75, 3.05) is 11.9 Å². The molecule has 7 heteroatoms. The number of hydrogen-bond donors (Lipinski definition) is 3. The standard InChI is InChI=1S/C27H30FN3O3/c1-16-12-19-8-9-21(28)13-22(19)30-25(16)31-24(20-14-27(2,3)15-20)17-4-6-18(7-5-17)26(34)29-11-10-23(32)33/h4-9,12-13,20,24H,10-11,14-15H2,1-3H3,(H,29,34)(H,30,31)(H,32,33)/t24-/m0/s1. The number of carbonyl (C=O) groups is 2. The number of carboxylic acid groups (broad SMARTS) is 1. The Kier molecular flexibility index (Phi) is 6.55. The molecule has 1 aliphatic carbocycles. The van der Waals surface area contributed by atoms with Crippen molar-refractivity contribution in [2.24, 2.45) is 11.3 Å². The molecule has 0 saturated heterocycles. The summed E-state index contributed by atoms with van der Waals surface area (Å²) in [7, 11) is 0. The number of carboxylic acids is 1. The Morgan fingerprint density at radius 1 is 1.15 bits per heavy atom. The summed E-state index contributed by atoms with van der Waals surface area (Å²) >= 11 is 0. The third-order valence-electron chi connectivity index (χ3n) is 6.52. The number of aryl methyl sites for hydroxylation is 1. The van der Waals surface area contributed by atoms with Crippen LogP contribution in [0.5, 0.6) is 0 Å². The molecule has 0 radical (unpaired) electrons. The Morgan fingerprint density at radius 3 is 2.50 bits per heavy atom. The number of aliphatic carboxylic acids is 1. The number of amides is 1. The van der Waals surface area contributed by atoms with Gasteiger partial charge in [0.05, 0.1) is 18.0 Å². The minimum absolute atomic E-state index is 0.00523. The largest absolute Gasteiger partial charge is 0.481 e. The van der Waals surface area contributed by atoms with Crippen LogP contribution in [0.1, 0.15) is 60.6 Å². The van der Waals surface area contributed by atoms with Crippen molar-refractivity contribution < 1.29 is 19.1 Å². The summed E-state index contributed by atoms with van der Waals surface area (Å²) in [6.07, 6.45) is 2.00. The number of benzene rings is 2. The third-order valence-corrected chi connectivity index (χ3v) is 6.52. The van der Waals surface area contributed by atoms with Crippen LogP contribution in [0.2, 0.25) is 0 Å². The maximum Gasteiger partial charge on any atom is 0.305 e. The fourth-order valence-electron chi connectivity index (χ4n) is 4.84. The van der Waals surface area contributed by atoms with Crippen LogP contribution in [0.3, 0.4) is 0 Å². The fourth-order valence-corrected chi connectivity index (χ4v) is 4.84. The van der Waals surface area contributed by atoms with Crippen LogP contribution < -0.4 is 10.6 Å². The highest BCUT2D eigenvalue weighted by molar-refractivity contribution is 5.94. The molecule has 178 valence electrons. The number of anilines is 1. The molecule has 0 unspecified atom stereocenters. The maximum absolute atomic E-state index is 13.8. The Hall–Kier alpha value is -3.48. The van der Waals surface area contributed by atoms with Crippen molar-refractivity contribution >= 4 is 28.6 Å². The molecule has 1 heterocycles. The van der Waals surface area contributed by atoms with Crippen molar-refractivity contribution in [2.45, 2.75) is 46.1 Å². The van der Waals surface area contributed by atoms with Crippen LogP contribution in [0.15, 0.2) is 48.5 Å². The molecule has 1 saturated carbocycles. The summed E-state index contributed by atoms with van der Waals surface area (Å²) < 4.78 is 13.8. The van der Waals surface area contributed by atoms with Gasteiger partial charge in [0.25, 0.3) is 5.91 Å². The van der Waals surface area contributed by atoms with Crippen molar-refractivity contribution in [3.05, 3.63) is 71.0 Å². The Balaban J connectivity index is 1.57. The van der Waals surface area contributed by atoms with Gasteiger partial charge in [-0.05, 0) is 72.6 Å². The molecule has 2 aromatic carbocycles. The summed E-state index contributed by atoms with van der Waals surface area (Å²) in [5.74, 6) is -0.438. The van der Waals surface area contributed by atoms with Gasteiger partial charge < -0.3 is 15.7 Å².